The quantitative estimate of drug-likeness (QED) is 0.885. The van der Waals surface area contributed by atoms with Crippen molar-refractivity contribution in [3.05, 3.63) is 35.5 Å². The summed E-state index contributed by atoms with van der Waals surface area (Å²) in [5.41, 5.74) is 3.69. The highest BCUT2D eigenvalue weighted by Crippen LogP contribution is 2.39. The second kappa shape index (κ2) is 5.76. The predicted octanol–water partition coefficient (Wildman–Crippen LogP) is 3.28. The van der Waals surface area contributed by atoms with Crippen LogP contribution in [0.25, 0.3) is 10.9 Å². The van der Waals surface area contributed by atoms with Gasteiger partial charge in [-0.2, -0.15) is 0 Å². The molecule has 0 fully saturated rings. The highest BCUT2D eigenvalue weighted by Gasteiger charge is 2.38. The summed E-state index contributed by atoms with van der Waals surface area (Å²) in [6.07, 6.45) is 1.72. The molecule has 0 radical (unpaired) electrons. The molecule has 1 aliphatic rings. The van der Waals surface area contributed by atoms with Gasteiger partial charge in [0.05, 0.1) is 13.2 Å². The van der Waals surface area contributed by atoms with Crippen LogP contribution in [0, 0.1) is 5.92 Å². The molecule has 1 aromatic carbocycles. The number of methoxy groups -OCH3 is 1. The number of benzene rings is 1. The number of hydrogen-bond donors (Lipinski definition) is 1. The Morgan fingerprint density at radius 2 is 2.14 bits per heavy atom. The van der Waals surface area contributed by atoms with Crippen molar-refractivity contribution in [2.75, 3.05) is 14.2 Å². The van der Waals surface area contributed by atoms with Crippen LogP contribution in [0.1, 0.15) is 37.6 Å². The molecule has 22 heavy (non-hydrogen) atoms. The summed E-state index contributed by atoms with van der Waals surface area (Å²) >= 11 is 0. The number of likely N-dealkylation sites (N-methyl/N-ethyl adjacent to an activating group) is 1. The first-order valence-electron chi connectivity index (χ1n) is 7.92. The number of carbonyl (C=O) groups excluding carboxylic acids is 1. The smallest absolute Gasteiger partial charge is 0.323 e. The third kappa shape index (κ3) is 2.41. The number of nitrogens with zero attached hydrogens (tertiary/aromatic N) is 1. The van der Waals surface area contributed by atoms with Crippen LogP contribution in [0.2, 0.25) is 0 Å². The van der Waals surface area contributed by atoms with Gasteiger partial charge in [-0.3, -0.25) is 9.69 Å². The van der Waals surface area contributed by atoms with Gasteiger partial charge < -0.3 is 9.72 Å². The number of esters is 1. The second-order valence-corrected chi connectivity index (χ2v) is 6.62. The molecule has 4 heteroatoms. The van der Waals surface area contributed by atoms with Gasteiger partial charge in [0.1, 0.15) is 6.04 Å². The molecule has 2 heterocycles. The largest absolute Gasteiger partial charge is 0.468 e. The number of ether oxygens (including phenoxy) is 1. The number of fused-ring (bicyclic) bond motifs is 3. The Morgan fingerprint density at radius 3 is 2.82 bits per heavy atom. The Balaban J connectivity index is 2.12. The van der Waals surface area contributed by atoms with Crippen LogP contribution in [0.5, 0.6) is 0 Å². The SMILES string of the molecule is COC(=O)[C@@H]1Cc2c([nH]c3ccccc23)[C@@H](CC(C)C)N1C. The van der Waals surface area contributed by atoms with Gasteiger partial charge in [0.15, 0.2) is 0 Å². The maximum atomic E-state index is 12.2. The van der Waals surface area contributed by atoms with E-state index in [1.54, 1.807) is 0 Å². The fourth-order valence-corrected chi connectivity index (χ4v) is 3.60. The van der Waals surface area contributed by atoms with Crippen molar-refractivity contribution in [2.45, 2.75) is 38.8 Å². The molecule has 0 spiro atoms. The number of aromatic amines is 1. The molecule has 2 atom stereocenters. The molecule has 0 saturated heterocycles. The number of nitrogens with one attached hydrogen (secondary N) is 1. The fraction of sp³-hybridized carbons (Fsp3) is 0.500. The Kier molecular flexibility index (Phi) is 3.96. The van der Waals surface area contributed by atoms with E-state index < -0.39 is 0 Å². The zero-order valence-electron chi connectivity index (χ0n) is 13.7. The first-order valence-corrected chi connectivity index (χ1v) is 7.92. The van der Waals surface area contributed by atoms with E-state index in [0.29, 0.717) is 12.3 Å². The average Bonchev–Trinajstić information content (AvgIpc) is 2.87. The van der Waals surface area contributed by atoms with Crippen LogP contribution in [0.3, 0.4) is 0 Å². The Bertz CT molecular complexity index is 689. The Morgan fingerprint density at radius 1 is 1.41 bits per heavy atom. The van der Waals surface area contributed by atoms with Gasteiger partial charge in [0.25, 0.3) is 0 Å². The molecule has 0 saturated carbocycles. The molecule has 2 aromatic rings. The van der Waals surface area contributed by atoms with E-state index in [2.05, 4.69) is 41.9 Å². The number of rotatable bonds is 3. The lowest BCUT2D eigenvalue weighted by Crippen LogP contribution is -2.46. The summed E-state index contributed by atoms with van der Waals surface area (Å²) in [6, 6.07) is 8.35. The number of H-pyrrole nitrogens is 1. The third-order valence-electron chi connectivity index (χ3n) is 4.73. The molecule has 0 aliphatic carbocycles. The Labute approximate surface area is 131 Å². The predicted molar refractivity (Wildman–Crippen MR) is 87.8 cm³/mol. The van der Waals surface area contributed by atoms with E-state index in [9.17, 15) is 4.79 Å². The number of carbonyl (C=O) groups is 1. The standard InChI is InChI=1S/C18H24N2O2/c1-11(2)9-15-17-13(10-16(20(15)3)18(21)22-4)12-7-5-6-8-14(12)19-17/h5-8,11,15-16,19H,9-10H2,1-4H3/t15-,16+/m1/s1. The molecule has 0 unspecified atom stereocenters. The topological polar surface area (TPSA) is 45.3 Å². The highest BCUT2D eigenvalue weighted by molar-refractivity contribution is 5.87. The summed E-state index contributed by atoms with van der Waals surface area (Å²) in [7, 11) is 3.50. The van der Waals surface area contributed by atoms with Crippen LogP contribution in [-0.4, -0.2) is 36.1 Å². The molecule has 1 aliphatic heterocycles. The fourth-order valence-electron chi connectivity index (χ4n) is 3.60. The van der Waals surface area contributed by atoms with E-state index in [-0.39, 0.29) is 18.1 Å². The minimum absolute atomic E-state index is 0.146. The molecule has 1 N–H and O–H groups in total. The summed E-state index contributed by atoms with van der Waals surface area (Å²) in [4.78, 5) is 18.0. The van der Waals surface area contributed by atoms with Crippen LogP contribution >= 0.6 is 0 Å². The van der Waals surface area contributed by atoms with E-state index in [1.807, 2.05) is 13.1 Å². The third-order valence-corrected chi connectivity index (χ3v) is 4.73. The van der Waals surface area contributed by atoms with Crippen molar-refractivity contribution in [1.29, 1.82) is 0 Å². The molecular weight excluding hydrogens is 276 g/mol. The van der Waals surface area contributed by atoms with Gasteiger partial charge in [0.2, 0.25) is 0 Å². The molecule has 0 bridgehead atoms. The minimum atomic E-state index is -0.208. The minimum Gasteiger partial charge on any atom is -0.468 e. The van der Waals surface area contributed by atoms with Crippen LogP contribution < -0.4 is 0 Å². The number of para-hydroxylation sites is 1. The zero-order chi connectivity index (χ0) is 15.9. The highest BCUT2D eigenvalue weighted by atomic mass is 16.5. The van der Waals surface area contributed by atoms with Gasteiger partial charge in [-0.05, 0) is 31.0 Å². The lowest BCUT2D eigenvalue weighted by Gasteiger charge is -2.38. The average molecular weight is 300 g/mol. The van der Waals surface area contributed by atoms with E-state index in [4.69, 9.17) is 4.74 Å². The number of hydrogen-bond acceptors (Lipinski definition) is 3. The van der Waals surface area contributed by atoms with E-state index >= 15 is 0 Å². The van der Waals surface area contributed by atoms with Crippen molar-refractivity contribution >= 4 is 16.9 Å². The van der Waals surface area contributed by atoms with Crippen molar-refractivity contribution in [3.8, 4) is 0 Å². The molecule has 3 rings (SSSR count). The van der Waals surface area contributed by atoms with Crippen molar-refractivity contribution in [1.82, 2.24) is 9.88 Å². The van der Waals surface area contributed by atoms with Crippen molar-refractivity contribution in [3.63, 3.8) is 0 Å². The molecule has 118 valence electrons. The molecular formula is C18H24N2O2. The monoisotopic (exact) mass is 300 g/mol. The summed E-state index contributed by atoms with van der Waals surface area (Å²) < 4.78 is 5.03. The second-order valence-electron chi connectivity index (χ2n) is 6.62. The van der Waals surface area contributed by atoms with Crippen molar-refractivity contribution < 1.29 is 9.53 Å². The first-order chi connectivity index (χ1) is 10.5. The molecule has 4 nitrogen and oxygen atoms in total. The Hall–Kier alpha value is -1.81. The van der Waals surface area contributed by atoms with Gasteiger partial charge in [0, 0.05) is 23.0 Å². The van der Waals surface area contributed by atoms with Gasteiger partial charge in [-0.1, -0.05) is 32.0 Å². The van der Waals surface area contributed by atoms with Crippen LogP contribution in [-0.2, 0) is 16.0 Å². The van der Waals surface area contributed by atoms with E-state index in [1.165, 1.54) is 23.8 Å². The summed E-state index contributed by atoms with van der Waals surface area (Å²) in [6.45, 7) is 4.44. The summed E-state index contributed by atoms with van der Waals surface area (Å²) in [5, 5.41) is 1.23. The van der Waals surface area contributed by atoms with Crippen molar-refractivity contribution in [2.24, 2.45) is 5.92 Å². The molecule has 1 aromatic heterocycles. The van der Waals surface area contributed by atoms with Gasteiger partial charge in [-0.15, -0.1) is 0 Å². The summed E-state index contributed by atoms with van der Waals surface area (Å²) in [5.74, 6) is 0.412. The maximum Gasteiger partial charge on any atom is 0.323 e. The van der Waals surface area contributed by atoms with Gasteiger partial charge >= 0.3 is 5.97 Å². The van der Waals surface area contributed by atoms with Gasteiger partial charge in [-0.25, -0.2) is 0 Å². The maximum absolute atomic E-state index is 12.2. The van der Waals surface area contributed by atoms with Crippen LogP contribution in [0.4, 0.5) is 0 Å². The number of aromatic nitrogens is 1. The molecule has 0 amide bonds. The van der Waals surface area contributed by atoms with Crippen LogP contribution in [0.15, 0.2) is 24.3 Å². The normalized spacial score (nSPS) is 22.0. The lowest BCUT2D eigenvalue weighted by atomic mass is 9.88. The first kappa shape index (κ1) is 15.1. The lowest BCUT2D eigenvalue weighted by molar-refractivity contribution is -0.148. The van der Waals surface area contributed by atoms with E-state index in [0.717, 1.165) is 11.9 Å². The zero-order valence-corrected chi connectivity index (χ0v) is 13.7.